The molecule has 0 amide bonds. The summed E-state index contributed by atoms with van der Waals surface area (Å²) in [6.45, 7) is 3.70. The first-order chi connectivity index (χ1) is 6.14. The molecule has 2 atom stereocenters. The van der Waals surface area contributed by atoms with Crippen LogP contribution in [-0.2, 0) is 21.0 Å². The molecule has 13 heavy (non-hydrogen) atoms. The van der Waals surface area contributed by atoms with E-state index in [4.69, 9.17) is 9.78 Å². The van der Waals surface area contributed by atoms with Gasteiger partial charge in [-0.15, -0.1) is 0 Å². The monoisotopic (exact) mass is 180 g/mol. The minimum absolute atomic E-state index is 0.646. The van der Waals surface area contributed by atoms with Crippen LogP contribution in [0.3, 0.4) is 0 Å². The quantitative estimate of drug-likeness (QED) is 0.441. The molecule has 0 N–H and O–H groups in total. The van der Waals surface area contributed by atoms with Gasteiger partial charge in [-0.3, -0.25) is 0 Å². The van der Waals surface area contributed by atoms with Crippen molar-refractivity contribution in [2.45, 2.75) is 25.0 Å². The number of aromatic nitrogens is 2. The molecule has 1 aromatic rings. The maximum atomic E-state index is 5.20. The lowest BCUT2D eigenvalue weighted by molar-refractivity contribution is -0.416. The Hall–Kier alpha value is -1.20. The molecule has 0 fully saturated rings. The summed E-state index contributed by atoms with van der Waals surface area (Å²) in [5, 5.41) is 7.63. The average molecular weight is 180 g/mol. The first-order valence-electron chi connectivity index (χ1n) is 4.05. The van der Waals surface area contributed by atoms with Gasteiger partial charge in [0.05, 0.1) is 0 Å². The van der Waals surface area contributed by atoms with Crippen molar-refractivity contribution < 1.29 is 14.4 Å². The largest absolute Gasteiger partial charge is 0.244 e. The highest BCUT2D eigenvalue weighted by atomic mass is 17.2. The molecule has 2 aliphatic heterocycles. The molecule has 2 bridgehead atoms. The Labute approximate surface area is 74.2 Å². The van der Waals surface area contributed by atoms with Gasteiger partial charge in [0.25, 0.3) is 0 Å². The fraction of sp³-hybridized carbons (Fsp3) is 0.500. The van der Waals surface area contributed by atoms with Crippen LogP contribution in [0, 0.1) is 0 Å². The summed E-state index contributed by atoms with van der Waals surface area (Å²) in [7, 11) is 0. The molecule has 4 rings (SSSR count). The van der Waals surface area contributed by atoms with Crippen molar-refractivity contribution in [2.24, 2.45) is 0 Å². The zero-order valence-electron chi connectivity index (χ0n) is 7.27. The summed E-state index contributed by atoms with van der Waals surface area (Å²) in [6, 6.07) is 0. The number of hydrogen-bond acceptors (Lipinski definition) is 5. The van der Waals surface area contributed by atoms with Crippen LogP contribution in [0.15, 0.2) is 16.8 Å². The maximum absolute atomic E-state index is 5.20. The molecule has 0 radical (unpaired) electrons. The Balaban J connectivity index is 2.34. The van der Waals surface area contributed by atoms with Crippen LogP contribution in [0.1, 0.15) is 25.2 Å². The van der Waals surface area contributed by atoms with E-state index in [-0.39, 0.29) is 0 Å². The van der Waals surface area contributed by atoms with Crippen molar-refractivity contribution >= 4 is 0 Å². The molecule has 0 spiro atoms. The number of hydrogen-bond donors (Lipinski definition) is 0. The minimum atomic E-state index is -0.646. The van der Waals surface area contributed by atoms with Gasteiger partial charge in [0, 0.05) is 0 Å². The van der Waals surface area contributed by atoms with Crippen molar-refractivity contribution in [1.82, 2.24) is 10.3 Å². The molecular formula is C8H8N2O3. The molecule has 3 aliphatic rings. The number of nitrogens with zero attached hydrogens (tertiary/aromatic N) is 2. The highest BCUT2D eigenvalue weighted by molar-refractivity contribution is 5.37. The predicted octanol–water partition coefficient (Wildman–Crippen LogP) is 1.03. The van der Waals surface area contributed by atoms with Crippen molar-refractivity contribution in [2.75, 3.05) is 0 Å². The van der Waals surface area contributed by atoms with Crippen molar-refractivity contribution in [1.29, 1.82) is 0 Å². The fourth-order valence-electron chi connectivity index (χ4n) is 1.62. The molecule has 0 saturated carbocycles. The van der Waals surface area contributed by atoms with Crippen molar-refractivity contribution in [3.8, 4) is 0 Å². The van der Waals surface area contributed by atoms with E-state index < -0.39 is 11.2 Å². The van der Waals surface area contributed by atoms with Crippen molar-refractivity contribution in [3.05, 3.63) is 23.5 Å². The summed E-state index contributed by atoms with van der Waals surface area (Å²) in [4.78, 5) is 10.4. The zero-order chi connectivity index (χ0) is 9.10. The Morgan fingerprint density at radius 1 is 1.00 bits per heavy atom. The highest BCUT2D eigenvalue weighted by Crippen LogP contribution is 2.46. The third-order valence-corrected chi connectivity index (χ3v) is 2.54. The minimum Gasteiger partial charge on any atom is -0.244 e. The van der Waals surface area contributed by atoms with Crippen LogP contribution < -0.4 is 0 Å². The van der Waals surface area contributed by atoms with E-state index in [2.05, 4.69) is 14.9 Å². The Bertz CT molecular complexity index is 365. The molecule has 0 unspecified atom stereocenters. The summed E-state index contributed by atoms with van der Waals surface area (Å²) >= 11 is 0. The van der Waals surface area contributed by atoms with Gasteiger partial charge in [-0.05, 0) is 26.0 Å². The molecule has 1 aliphatic carbocycles. The first-order valence-corrected chi connectivity index (χ1v) is 4.05. The Morgan fingerprint density at radius 2 is 1.46 bits per heavy atom. The van der Waals surface area contributed by atoms with Crippen LogP contribution in [0.25, 0.3) is 0 Å². The van der Waals surface area contributed by atoms with E-state index in [1.54, 1.807) is 0 Å². The molecular weight excluding hydrogens is 172 g/mol. The first kappa shape index (κ1) is 7.23. The summed E-state index contributed by atoms with van der Waals surface area (Å²) in [6.07, 6.45) is 3.81. The average Bonchev–Trinajstić information content (AvgIpc) is 2.59. The van der Waals surface area contributed by atoms with E-state index in [0.717, 1.165) is 0 Å². The van der Waals surface area contributed by atoms with Crippen LogP contribution in [-0.4, -0.2) is 10.3 Å². The predicted molar refractivity (Wildman–Crippen MR) is 40.3 cm³/mol. The lowest BCUT2D eigenvalue weighted by Crippen LogP contribution is -2.44. The number of fused-ring (bicyclic) bond motifs is 1. The van der Waals surface area contributed by atoms with Gasteiger partial charge < -0.3 is 0 Å². The molecule has 0 aromatic carbocycles. The normalized spacial score (nSPS) is 40.8. The van der Waals surface area contributed by atoms with E-state index in [1.165, 1.54) is 0 Å². The van der Waals surface area contributed by atoms with Gasteiger partial charge in [-0.25, -0.2) is 14.4 Å². The van der Waals surface area contributed by atoms with Crippen molar-refractivity contribution in [3.63, 3.8) is 0 Å². The second kappa shape index (κ2) is 1.83. The van der Waals surface area contributed by atoms with Crippen LogP contribution in [0.2, 0.25) is 0 Å². The van der Waals surface area contributed by atoms with E-state index in [9.17, 15) is 0 Å². The van der Waals surface area contributed by atoms with Gasteiger partial charge in [0.15, 0.2) is 22.6 Å². The second-order valence-electron chi connectivity index (χ2n) is 3.68. The lowest BCUT2D eigenvalue weighted by Gasteiger charge is -2.40. The molecule has 1 aromatic heterocycles. The molecule has 5 heteroatoms. The van der Waals surface area contributed by atoms with Gasteiger partial charge in [0.1, 0.15) is 0 Å². The second-order valence-corrected chi connectivity index (χ2v) is 3.68. The topological polar surface area (TPSA) is 57.4 Å². The van der Waals surface area contributed by atoms with Gasteiger partial charge in [-0.1, -0.05) is 10.3 Å². The zero-order valence-corrected chi connectivity index (χ0v) is 7.27. The SMILES string of the molecule is C[C@]12C=C[C@](C)(OO1)c1nonc12. The standard InChI is InChI=1S/C8H8N2O3/c1-7-3-4-8(2,12-11-7)6-5(7)9-13-10-6/h3-4H,1-2H3/t7-,8+. The Morgan fingerprint density at radius 3 is 1.85 bits per heavy atom. The summed E-state index contributed by atoms with van der Waals surface area (Å²) in [5.41, 5.74) is 0.104. The third-order valence-electron chi connectivity index (χ3n) is 2.54. The third kappa shape index (κ3) is 0.691. The Kier molecular flexibility index (Phi) is 1.02. The maximum Gasteiger partial charge on any atom is 0.166 e. The summed E-state index contributed by atoms with van der Waals surface area (Å²) < 4.78 is 4.68. The van der Waals surface area contributed by atoms with Gasteiger partial charge in [-0.2, -0.15) is 0 Å². The summed E-state index contributed by atoms with van der Waals surface area (Å²) in [5.74, 6) is 0. The van der Waals surface area contributed by atoms with Gasteiger partial charge in [0.2, 0.25) is 0 Å². The fourth-order valence-corrected chi connectivity index (χ4v) is 1.62. The molecule has 0 saturated heterocycles. The van der Waals surface area contributed by atoms with Crippen LogP contribution in [0.5, 0.6) is 0 Å². The van der Waals surface area contributed by atoms with Crippen LogP contribution >= 0.6 is 0 Å². The highest BCUT2D eigenvalue weighted by Gasteiger charge is 2.51. The smallest absolute Gasteiger partial charge is 0.166 e. The molecule has 3 heterocycles. The van der Waals surface area contributed by atoms with E-state index in [0.29, 0.717) is 11.4 Å². The lowest BCUT2D eigenvalue weighted by atomic mass is 9.84. The number of rotatable bonds is 0. The molecule has 68 valence electrons. The van der Waals surface area contributed by atoms with E-state index >= 15 is 0 Å². The van der Waals surface area contributed by atoms with E-state index in [1.807, 2.05) is 26.0 Å². The molecule has 5 nitrogen and oxygen atoms in total. The van der Waals surface area contributed by atoms with Gasteiger partial charge >= 0.3 is 0 Å². The van der Waals surface area contributed by atoms with Crippen LogP contribution in [0.4, 0.5) is 0 Å².